The van der Waals surface area contributed by atoms with E-state index in [-0.39, 0.29) is 5.91 Å². The number of amides is 1. The van der Waals surface area contributed by atoms with Gasteiger partial charge in [0.2, 0.25) is 5.91 Å². The summed E-state index contributed by atoms with van der Waals surface area (Å²) in [5.41, 5.74) is 1.72. The predicted molar refractivity (Wildman–Crippen MR) is 102 cm³/mol. The van der Waals surface area contributed by atoms with E-state index in [4.69, 9.17) is 16.9 Å². The van der Waals surface area contributed by atoms with Crippen molar-refractivity contribution in [2.24, 2.45) is 0 Å². The van der Waals surface area contributed by atoms with Crippen LogP contribution in [0.2, 0.25) is 5.02 Å². The molecular formula is C19H18ClN3OS. The summed E-state index contributed by atoms with van der Waals surface area (Å²) < 4.78 is 0. The lowest BCUT2D eigenvalue weighted by molar-refractivity contribution is -0.128. The third-order valence-corrected chi connectivity index (χ3v) is 5.34. The van der Waals surface area contributed by atoms with Gasteiger partial charge in [-0.05, 0) is 36.4 Å². The molecule has 4 nitrogen and oxygen atoms in total. The summed E-state index contributed by atoms with van der Waals surface area (Å²) in [4.78, 5) is 17.5. The van der Waals surface area contributed by atoms with Crippen molar-refractivity contribution in [3.63, 3.8) is 0 Å². The van der Waals surface area contributed by atoms with Crippen LogP contribution in [-0.4, -0.2) is 42.7 Å². The average Bonchev–Trinajstić information content (AvgIpc) is 2.66. The van der Waals surface area contributed by atoms with E-state index >= 15 is 0 Å². The molecule has 1 saturated heterocycles. The monoisotopic (exact) mass is 371 g/mol. The van der Waals surface area contributed by atoms with Crippen molar-refractivity contribution >= 4 is 35.0 Å². The van der Waals surface area contributed by atoms with E-state index in [1.54, 1.807) is 6.07 Å². The highest BCUT2D eigenvalue weighted by molar-refractivity contribution is 8.00. The zero-order chi connectivity index (χ0) is 17.6. The van der Waals surface area contributed by atoms with E-state index in [0.29, 0.717) is 24.4 Å². The summed E-state index contributed by atoms with van der Waals surface area (Å²) in [7, 11) is 0. The smallest absolute Gasteiger partial charge is 0.233 e. The maximum absolute atomic E-state index is 12.4. The molecule has 0 N–H and O–H groups in total. The molecule has 2 aromatic rings. The molecule has 0 radical (unpaired) electrons. The van der Waals surface area contributed by atoms with Crippen LogP contribution in [0.5, 0.6) is 0 Å². The Morgan fingerprint density at radius 2 is 1.88 bits per heavy atom. The lowest BCUT2D eigenvalue weighted by atomic mass is 10.2. The van der Waals surface area contributed by atoms with Gasteiger partial charge in [-0.1, -0.05) is 23.7 Å². The Labute approximate surface area is 157 Å². The van der Waals surface area contributed by atoms with Crippen LogP contribution in [-0.2, 0) is 4.79 Å². The Hall–Kier alpha value is -2.16. The van der Waals surface area contributed by atoms with Crippen molar-refractivity contribution in [1.82, 2.24) is 4.90 Å². The molecule has 0 bridgehead atoms. The molecule has 2 aromatic carbocycles. The fourth-order valence-corrected chi connectivity index (χ4v) is 3.82. The molecule has 1 amide bonds. The summed E-state index contributed by atoms with van der Waals surface area (Å²) in [6.07, 6.45) is 0. The summed E-state index contributed by atoms with van der Waals surface area (Å²) in [5, 5.41) is 9.66. The third kappa shape index (κ3) is 4.68. The molecule has 1 heterocycles. The molecule has 0 atom stereocenters. The quantitative estimate of drug-likeness (QED) is 0.769. The molecule has 1 aliphatic heterocycles. The van der Waals surface area contributed by atoms with E-state index < -0.39 is 0 Å². The Kier molecular flexibility index (Phi) is 5.85. The van der Waals surface area contributed by atoms with Gasteiger partial charge in [-0.25, -0.2) is 0 Å². The van der Waals surface area contributed by atoms with Gasteiger partial charge >= 0.3 is 0 Å². The van der Waals surface area contributed by atoms with Gasteiger partial charge in [-0.15, -0.1) is 11.8 Å². The van der Waals surface area contributed by atoms with Crippen LogP contribution in [0.15, 0.2) is 53.4 Å². The van der Waals surface area contributed by atoms with Gasteiger partial charge < -0.3 is 9.80 Å². The Bertz CT molecular complexity index is 797. The molecule has 1 fully saturated rings. The molecule has 1 aliphatic rings. The topological polar surface area (TPSA) is 47.3 Å². The normalized spacial score (nSPS) is 14.2. The first kappa shape index (κ1) is 17.7. The van der Waals surface area contributed by atoms with E-state index in [2.05, 4.69) is 11.0 Å². The minimum atomic E-state index is 0.137. The largest absolute Gasteiger partial charge is 0.368 e. The molecular weight excluding hydrogens is 354 g/mol. The number of benzene rings is 2. The van der Waals surface area contributed by atoms with Crippen molar-refractivity contribution in [1.29, 1.82) is 5.26 Å². The van der Waals surface area contributed by atoms with Crippen molar-refractivity contribution in [2.45, 2.75) is 4.90 Å². The van der Waals surface area contributed by atoms with Gasteiger partial charge in [-0.2, -0.15) is 5.26 Å². The van der Waals surface area contributed by atoms with Gasteiger partial charge in [-0.3, -0.25) is 4.79 Å². The Morgan fingerprint density at radius 1 is 1.12 bits per heavy atom. The number of nitriles is 1. The molecule has 0 unspecified atom stereocenters. The highest BCUT2D eigenvalue weighted by Crippen LogP contribution is 2.22. The first-order valence-corrected chi connectivity index (χ1v) is 9.43. The molecule has 25 heavy (non-hydrogen) atoms. The lowest BCUT2D eigenvalue weighted by Gasteiger charge is -2.36. The minimum absolute atomic E-state index is 0.137. The zero-order valence-electron chi connectivity index (χ0n) is 13.7. The molecule has 3 rings (SSSR count). The number of halogens is 1. The van der Waals surface area contributed by atoms with Gasteiger partial charge in [0.15, 0.2) is 0 Å². The molecule has 6 heteroatoms. The third-order valence-electron chi connectivity index (χ3n) is 4.13. The van der Waals surface area contributed by atoms with Gasteiger partial charge in [0.25, 0.3) is 0 Å². The number of anilines is 1. The van der Waals surface area contributed by atoms with Gasteiger partial charge in [0, 0.05) is 41.8 Å². The summed E-state index contributed by atoms with van der Waals surface area (Å²) in [6.45, 7) is 3.04. The van der Waals surface area contributed by atoms with E-state index in [9.17, 15) is 4.79 Å². The summed E-state index contributed by atoms with van der Waals surface area (Å²) in [5.74, 6) is 0.532. The van der Waals surface area contributed by atoms with Crippen molar-refractivity contribution < 1.29 is 4.79 Å². The number of carbonyl (C=O) groups is 1. The number of thioether (sulfide) groups is 1. The number of nitrogens with zero attached hydrogens (tertiary/aromatic N) is 3. The van der Waals surface area contributed by atoms with Crippen LogP contribution in [0.25, 0.3) is 0 Å². The molecule has 128 valence electrons. The predicted octanol–water partition coefficient (Wildman–Crippen LogP) is 3.65. The maximum atomic E-state index is 12.4. The second-order valence-electron chi connectivity index (χ2n) is 5.78. The van der Waals surface area contributed by atoms with Crippen LogP contribution < -0.4 is 4.90 Å². The molecule has 0 spiro atoms. The van der Waals surface area contributed by atoms with E-state index in [0.717, 1.165) is 28.7 Å². The van der Waals surface area contributed by atoms with Gasteiger partial charge in [0.1, 0.15) is 0 Å². The SMILES string of the molecule is N#Cc1cccc(SCC(=O)N2CCN(c3cccc(Cl)c3)CC2)c1. The average molecular weight is 372 g/mol. The molecule has 0 aliphatic carbocycles. The second kappa shape index (κ2) is 8.28. The van der Waals surface area contributed by atoms with Crippen LogP contribution >= 0.6 is 23.4 Å². The van der Waals surface area contributed by atoms with Crippen LogP contribution in [0.4, 0.5) is 5.69 Å². The van der Waals surface area contributed by atoms with Crippen LogP contribution in [0.3, 0.4) is 0 Å². The fraction of sp³-hybridized carbons (Fsp3) is 0.263. The number of hydrogen-bond donors (Lipinski definition) is 0. The highest BCUT2D eigenvalue weighted by Gasteiger charge is 2.21. The number of rotatable bonds is 4. The van der Waals surface area contributed by atoms with Crippen LogP contribution in [0.1, 0.15) is 5.56 Å². The molecule has 0 aromatic heterocycles. The number of carbonyl (C=O) groups excluding carboxylic acids is 1. The standard InChI is InChI=1S/C19H18ClN3OS/c20-16-4-2-5-17(12-16)22-7-9-23(10-8-22)19(24)14-25-18-6-1-3-15(11-18)13-21/h1-6,11-12H,7-10,14H2. The van der Waals surface area contributed by atoms with Crippen molar-refractivity contribution in [3.05, 3.63) is 59.1 Å². The van der Waals surface area contributed by atoms with Crippen LogP contribution in [0, 0.1) is 11.3 Å². The first-order chi connectivity index (χ1) is 12.2. The lowest BCUT2D eigenvalue weighted by Crippen LogP contribution is -2.49. The van der Waals surface area contributed by atoms with E-state index in [1.165, 1.54) is 11.8 Å². The van der Waals surface area contributed by atoms with Crippen molar-refractivity contribution in [2.75, 3.05) is 36.8 Å². The van der Waals surface area contributed by atoms with E-state index in [1.807, 2.05) is 47.4 Å². The zero-order valence-corrected chi connectivity index (χ0v) is 15.3. The summed E-state index contributed by atoms with van der Waals surface area (Å²) in [6, 6.07) is 17.3. The summed E-state index contributed by atoms with van der Waals surface area (Å²) >= 11 is 7.53. The second-order valence-corrected chi connectivity index (χ2v) is 7.26. The van der Waals surface area contributed by atoms with Gasteiger partial charge in [0.05, 0.1) is 17.4 Å². The Balaban J connectivity index is 1.50. The Morgan fingerprint density at radius 3 is 2.60 bits per heavy atom. The minimum Gasteiger partial charge on any atom is -0.368 e. The molecule has 0 saturated carbocycles. The fourth-order valence-electron chi connectivity index (χ4n) is 2.78. The maximum Gasteiger partial charge on any atom is 0.233 e. The number of piperazine rings is 1. The number of hydrogen-bond acceptors (Lipinski definition) is 4. The highest BCUT2D eigenvalue weighted by atomic mass is 35.5. The first-order valence-electron chi connectivity index (χ1n) is 8.07. The van der Waals surface area contributed by atoms with Crippen molar-refractivity contribution in [3.8, 4) is 6.07 Å².